The Kier molecular flexibility index (Phi) is 2.34. The average molecular weight is 264 g/mol. The Morgan fingerprint density at radius 3 is 2.82 bits per heavy atom. The van der Waals surface area contributed by atoms with Gasteiger partial charge in [-0.2, -0.15) is 0 Å². The van der Waals surface area contributed by atoms with Crippen molar-refractivity contribution in [1.29, 1.82) is 0 Å². The van der Waals surface area contributed by atoms with E-state index in [0.29, 0.717) is 11.0 Å². The number of anilines is 1. The second-order valence-electron chi connectivity index (χ2n) is 3.81. The molecule has 0 saturated carbocycles. The lowest BCUT2D eigenvalue weighted by Gasteiger charge is -2.02. The molecule has 0 aliphatic rings. The number of nitrogens with zero attached hydrogens (tertiary/aromatic N) is 2. The van der Waals surface area contributed by atoms with Gasteiger partial charge in [0.05, 0.1) is 10.4 Å². The summed E-state index contributed by atoms with van der Waals surface area (Å²) < 4.78 is 1.88. The Balaban J connectivity index is 2.37. The largest absolute Gasteiger partial charge is 0.385 e. The van der Waals surface area contributed by atoms with Gasteiger partial charge in [-0.3, -0.25) is 4.40 Å². The maximum absolute atomic E-state index is 6.12. The number of rotatable bonds is 1. The molecule has 3 heterocycles. The second kappa shape index (κ2) is 3.75. The van der Waals surface area contributed by atoms with Crippen LogP contribution in [0.15, 0.2) is 30.3 Å². The van der Waals surface area contributed by atoms with Gasteiger partial charge in [0, 0.05) is 4.88 Å². The summed E-state index contributed by atoms with van der Waals surface area (Å²) in [5.74, 6) is 1.45. The van der Waals surface area contributed by atoms with Crippen LogP contribution >= 0.6 is 22.9 Å². The Hall–Kier alpha value is -1.52. The number of nitrogens with two attached hydrogens (primary N) is 1. The topological polar surface area (TPSA) is 43.3 Å². The molecule has 3 aromatic rings. The number of thiophene rings is 1. The highest BCUT2D eigenvalue weighted by atomic mass is 35.5. The van der Waals surface area contributed by atoms with Crippen LogP contribution in [-0.2, 0) is 0 Å². The zero-order valence-corrected chi connectivity index (χ0v) is 10.7. The maximum Gasteiger partial charge on any atom is 0.158 e. The summed E-state index contributed by atoms with van der Waals surface area (Å²) in [7, 11) is 0. The lowest BCUT2D eigenvalue weighted by Crippen LogP contribution is -1.97. The number of hydrogen-bond donors (Lipinski definition) is 1. The summed E-state index contributed by atoms with van der Waals surface area (Å²) >= 11 is 7.80. The van der Waals surface area contributed by atoms with Gasteiger partial charge in [0.1, 0.15) is 5.82 Å². The van der Waals surface area contributed by atoms with Crippen molar-refractivity contribution in [1.82, 2.24) is 9.38 Å². The normalized spacial score (nSPS) is 11.2. The molecular formula is C12H10ClN3S. The number of fused-ring (bicyclic) bond motifs is 1. The average Bonchev–Trinajstić information content (AvgIpc) is 2.85. The standard InChI is InChI=1S/C12H10ClN3S/c1-7-5-6-9(17-7)12-15-11(13)8-3-2-4-10(14)16(8)12/h2-6H,14H2,1H3. The van der Waals surface area contributed by atoms with Crippen LogP contribution in [0.1, 0.15) is 4.88 Å². The molecule has 0 aliphatic carbocycles. The molecule has 2 N–H and O–H groups in total. The Morgan fingerprint density at radius 1 is 1.29 bits per heavy atom. The fourth-order valence-corrected chi connectivity index (χ4v) is 2.92. The number of pyridine rings is 1. The Morgan fingerprint density at radius 2 is 2.12 bits per heavy atom. The monoisotopic (exact) mass is 263 g/mol. The van der Waals surface area contributed by atoms with Crippen molar-refractivity contribution >= 4 is 34.3 Å². The van der Waals surface area contributed by atoms with E-state index in [9.17, 15) is 0 Å². The van der Waals surface area contributed by atoms with Gasteiger partial charge in [-0.15, -0.1) is 11.3 Å². The van der Waals surface area contributed by atoms with Crippen molar-refractivity contribution in [2.75, 3.05) is 5.73 Å². The third-order valence-corrected chi connectivity index (χ3v) is 3.88. The molecule has 3 nitrogen and oxygen atoms in total. The van der Waals surface area contributed by atoms with Crippen molar-refractivity contribution in [3.63, 3.8) is 0 Å². The van der Waals surface area contributed by atoms with E-state index in [1.54, 1.807) is 11.3 Å². The molecule has 0 bridgehead atoms. The highest BCUT2D eigenvalue weighted by molar-refractivity contribution is 7.15. The van der Waals surface area contributed by atoms with Crippen molar-refractivity contribution in [2.24, 2.45) is 0 Å². The molecule has 3 aromatic heterocycles. The van der Waals surface area contributed by atoms with E-state index in [4.69, 9.17) is 17.3 Å². The number of halogens is 1. The van der Waals surface area contributed by atoms with E-state index < -0.39 is 0 Å². The molecule has 0 aliphatic heterocycles. The minimum absolute atomic E-state index is 0.485. The minimum Gasteiger partial charge on any atom is -0.385 e. The number of hydrogen-bond acceptors (Lipinski definition) is 3. The van der Waals surface area contributed by atoms with Gasteiger partial charge in [0.2, 0.25) is 0 Å². The molecule has 3 rings (SSSR count). The van der Waals surface area contributed by atoms with E-state index in [1.165, 1.54) is 4.88 Å². The Labute approximate surface area is 107 Å². The van der Waals surface area contributed by atoms with Gasteiger partial charge >= 0.3 is 0 Å². The highest BCUT2D eigenvalue weighted by Gasteiger charge is 2.14. The molecule has 5 heteroatoms. The predicted octanol–water partition coefficient (Wildman–Crippen LogP) is 3.61. The van der Waals surface area contributed by atoms with Gasteiger partial charge in [-0.25, -0.2) is 4.98 Å². The maximum atomic E-state index is 6.12. The Bertz CT molecular complexity index is 699. The molecule has 0 atom stereocenters. The van der Waals surface area contributed by atoms with Crippen LogP contribution in [0.5, 0.6) is 0 Å². The zero-order valence-electron chi connectivity index (χ0n) is 9.14. The van der Waals surface area contributed by atoms with E-state index in [2.05, 4.69) is 18.0 Å². The second-order valence-corrected chi connectivity index (χ2v) is 5.45. The summed E-state index contributed by atoms with van der Waals surface area (Å²) in [5, 5.41) is 0.485. The SMILES string of the molecule is Cc1ccc(-c2nc(Cl)c3cccc(N)n23)s1. The van der Waals surface area contributed by atoms with Crippen molar-refractivity contribution in [3.05, 3.63) is 40.4 Å². The number of aromatic nitrogens is 2. The van der Waals surface area contributed by atoms with E-state index >= 15 is 0 Å². The highest BCUT2D eigenvalue weighted by Crippen LogP contribution is 2.32. The van der Waals surface area contributed by atoms with Crippen LogP contribution < -0.4 is 5.73 Å². The lowest BCUT2D eigenvalue weighted by molar-refractivity contribution is 1.18. The van der Waals surface area contributed by atoms with Crippen LogP contribution in [0.4, 0.5) is 5.82 Å². The van der Waals surface area contributed by atoms with E-state index in [-0.39, 0.29) is 0 Å². The molecule has 0 saturated heterocycles. The molecular weight excluding hydrogens is 254 g/mol. The quantitative estimate of drug-likeness (QED) is 0.729. The van der Waals surface area contributed by atoms with Gasteiger partial charge in [-0.1, -0.05) is 17.7 Å². The van der Waals surface area contributed by atoms with Gasteiger partial charge in [0.15, 0.2) is 11.0 Å². The van der Waals surface area contributed by atoms with Crippen LogP contribution in [0.25, 0.3) is 16.2 Å². The lowest BCUT2D eigenvalue weighted by atomic mass is 10.4. The molecule has 0 unspecified atom stereocenters. The molecule has 0 amide bonds. The van der Waals surface area contributed by atoms with E-state index in [0.717, 1.165) is 16.2 Å². The van der Waals surface area contributed by atoms with Crippen LogP contribution in [0.2, 0.25) is 5.15 Å². The molecule has 86 valence electrons. The van der Waals surface area contributed by atoms with Crippen LogP contribution in [-0.4, -0.2) is 9.38 Å². The summed E-state index contributed by atoms with van der Waals surface area (Å²) in [6.45, 7) is 2.06. The van der Waals surface area contributed by atoms with Crippen molar-refractivity contribution in [3.8, 4) is 10.7 Å². The molecule has 0 radical (unpaired) electrons. The third kappa shape index (κ3) is 1.61. The summed E-state index contributed by atoms with van der Waals surface area (Å²) in [5.41, 5.74) is 6.82. The number of imidazole rings is 1. The molecule has 0 aromatic carbocycles. The summed E-state index contributed by atoms with van der Waals surface area (Å²) in [6.07, 6.45) is 0. The first-order valence-corrected chi connectivity index (χ1v) is 6.35. The fourth-order valence-electron chi connectivity index (χ4n) is 1.84. The van der Waals surface area contributed by atoms with Gasteiger partial charge in [-0.05, 0) is 31.2 Å². The fraction of sp³-hybridized carbons (Fsp3) is 0.0833. The summed E-state index contributed by atoms with van der Waals surface area (Å²) in [6, 6.07) is 9.73. The molecule has 0 fully saturated rings. The molecule has 0 spiro atoms. The zero-order chi connectivity index (χ0) is 12.0. The van der Waals surface area contributed by atoms with Crippen molar-refractivity contribution < 1.29 is 0 Å². The first-order chi connectivity index (χ1) is 8.16. The van der Waals surface area contributed by atoms with Crippen molar-refractivity contribution in [2.45, 2.75) is 6.92 Å². The minimum atomic E-state index is 0.485. The van der Waals surface area contributed by atoms with E-state index in [1.807, 2.05) is 28.7 Å². The predicted molar refractivity (Wildman–Crippen MR) is 72.7 cm³/mol. The summed E-state index contributed by atoms with van der Waals surface area (Å²) in [4.78, 5) is 6.70. The van der Waals surface area contributed by atoms with Crippen LogP contribution in [0, 0.1) is 6.92 Å². The first kappa shape index (κ1) is 10.6. The third-order valence-electron chi connectivity index (χ3n) is 2.61. The van der Waals surface area contributed by atoms with Gasteiger partial charge in [0.25, 0.3) is 0 Å². The number of nitrogen functional groups attached to an aromatic ring is 1. The van der Waals surface area contributed by atoms with Gasteiger partial charge < -0.3 is 5.73 Å². The smallest absolute Gasteiger partial charge is 0.158 e. The van der Waals surface area contributed by atoms with Crippen LogP contribution in [0.3, 0.4) is 0 Å². The first-order valence-electron chi connectivity index (χ1n) is 5.16. The molecule has 17 heavy (non-hydrogen) atoms. The number of aryl methyl sites for hydroxylation is 1.